The fourth-order valence-corrected chi connectivity index (χ4v) is 3.45. The number of carbonyl (C=O) groups excluding carboxylic acids is 2. The van der Waals surface area contributed by atoms with Gasteiger partial charge < -0.3 is 5.32 Å². The minimum absolute atomic E-state index is 0.0185. The maximum Gasteiger partial charge on any atom is 0.161 e. The molecular formula is C19H21Cl2NO2. The third-order valence-corrected chi connectivity index (χ3v) is 5.02. The van der Waals surface area contributed by atoms with Crippen LogP contribution in [0.25, 0.3) is 0 Å². The van der Waals surface area contributed by atoms with Crippen LogP contribution >= 0.6 is 23.2 Å². The van der Waals surface area contributed by atoms with Gasteiger partial charge in [-0.1, -0.05) is 43.1 Å². The quantitative estimate of drug-likeness (QED) is 0.780. The standard InChI is InChI=1S/C19H21Cl2NO2/c1-5-15(23)17-10(3)22-11(4)18(16(24)6-2)19(17)12-7-8-13(20)14(21)9-12/h7-9,19,22H,5-6H2,1-4H3. The monoisotopic (exact) mass is 365 g/mol. The van der Waals surface area contributed by atoms with Crippen molar-refractivity contribution in [2.24, 2.45) is 0 Å². The van der Waals surface area contributed by atoms with Crippen molar-refractivity contribution < 1.29 is 9.59 Å². The molecule has 2 rings (SSSR count). The number of carbonyl (C=O) groups is 2. The van der Waals surface area contributed by atoms with E-state index in [-0.39, 0.29) is 11.6 Å². The van der Waals surface area contributed by atoms with E-state index in [0.717, 1.165) is 17.0 Å². The molecule has 1 heterocycles. The lowest BCUT2D eigenvalue weighted by Crippen LogP contribution is -2.30. The first-order valence-electron chi connectivity index (χ1n) is 8.01. The van der Waals surface area contributed by atoms with E-state index < -0.39 is 5.92 Å². The van der Waals surface area contributed by atoms with Crippen LogP contribution < -0.4 is 5.32 Å². The van der Waals surface area contributed by atoms with Gasteiger partial charge in [-0.15, -0.1) is 0 Å². The number of allylic oxidation sites excluding steroid dienone is 4. The molecule has 0 aliphatic carbocycles. The lowest BCUT2D eigenvalue weighted by atomic mass is 9.76. The molecule has 5 heteroatoms. The molecular weight excluding hydrogens is 345 g/mol. The fraction of sp³-hybridized carbons (Fsp3) is 0.368. The second-order valence-corrected chi connectivity index (χ2v) is 6.68. The molecule has 0 saturated carbocycles. The van der Waals surface area contributed by atoms with Crippen molar-refractivity contribution in [1.29, 1.82) is 0 Å². The summed E-state index contributed by atoms with van der Waals surface area (Å²) in [6, 6.07) is 5.27. The highest BCUT2D eigenvalue weighted by molar-refractivity contribution is 6.42. The van der Waals surface area contributed by atoms with E-state index >= 15 is 0 Å². The molecule has 1 aliphatic heterocycles. The first-order chi connectivity index (χ1) is 11.3. The molecule has 0 saturated heterocycles. The molecule has 0 atom stereocenters. The zero-order chi connectivity index (χ0) is 18.0. The third-order valence-electron chi connectivity index (χ3n) is 4.28. The van der Waals surface area contributed by atoms with Crippen molar-refractivity contribution in [3.05, 3.63) is 56.3 Å². The third kappa shape index (κ3) is 3.42. The predicted molar refractivity (Wildman–Crippen MR) is 98.3 cm³/mol. The molecule has 0 bridgehead atoms. The highest BCUT2D eigenvalue weighted by Gasteiger charge is 2.35. The number of ketones is 2. The molecule has 1 N–H and O–H groups in total. The summed E-state index contributed by atoms with van der Waals surface area (Å²) in [5, 5.41) is 4.05. The first-order valence-corrected chi connectivity index (χ1v) is 8.77. The van der Waals surface area contributed by atoms with Crippen LogP contribution in [0.4, 0.5) is 0 Å². The lowest BCUT2D eigenvalue weighted by molar-refractivity contribution is -0.116. The number of halogens is 2. The summed E-state index contributed by atoms with van der Waals surface area (Å²) in [6.07, 6.45) is 0.748. The zero-order valence-electron chi connectivity index (χ0n) is 14.3. The van der Waals surface area contributed by atoms with Crippen molar-refractivity contribution in [3.63, 3.8) is 0 Å². The Hall–Kier alpha value is -1.58. The summed E-state index contributed by atoms with van der Waals surface area (Å²) in [4.78, 5) is 25.2. The minimum atomic E-state index is -0.416. The minimum Gasteiger partial charge on any atom is -0.362 e. The van der Waals surface area contributed by atoms with Crippen LogP contribution in [-0.2, 0) is 9.59 Å². The van der Waals surface area contributed by atoms with Gasteiger partial charge in [-0.25, -0.2) is 0 Å². The molecule has 0 aromatic heterocycles. The van der Waals surface area contributed by atoms with E-state index in [0.29, 0.717) is 34.0 Å². The first kappa shape index (κ1) is 18.8. The molecule has 128 valence electrons. The van der Waals surface area contributed by atoms with Crippen LogP contribution in [0, 0.1) is 0 Å². The second-order valence-electron chi connectivity index (χ2n) is 5.86. The average Bonchev–Trinajstić information content (AvgIpc) is 2.55. The molecule has 1 aliphatic rings. The number of rotatable bonds is 5. The Morgan fingerprint density at radius 3 is 1.88 bits per heavy atom. The SMILES string of the molecule is CCC(=O)C1=C(C)NC(C)=C(C(=O)CC)C1c1ccc(Cl)c(Cl)c1. The van der Waals surface area contributed by atoms with Crippen molar-refractivity contribution in [2.75, 3.05) is 0 Å². The normalized spacial score (nSPS) is 15.6. The van der Waals surface area contributed by atoms with E-state index in [1.165, 1.54) is 0 Å². The topological polar surface area (TPSA) is 46.2 Å². The molecule has 0 spiro atoms. The van der Waals surface area contributed by atoms with Crippen molar-refractivity contribution in [3.8, 4) is 0 Å². The Labute approximate surface area is 152 Å². The van der Waals surface area contributed by atoms with Crippen LogP contribution in [0.3, 0.4) is 0 Å². The molecule has 24 heavy (non-hydrogen) atoms. The van der Waals surface area contributed by atoms with Gasteiger partial charge in [0, 0.05) is 41.3 Å². The van der Waals surface area contributed by atoms with Gasteiger partial charge in [0.1, 0.15) is 0 Å². The van der Waals surface area contributed by atoms with Gasteiger partial charge in [0.2, 0.25) is 0 Å². The maximum atomic E-state index is 12.6. The predicted octanol–water partition coefficient (Wildman–Crippen LogP) is 5.19. The Kier molecular flexibility index (Phi) is 5.89. The summed E-state index contributed by atoms with van der Waals surface area (Å²) >= 11 is 12.2. The second kappa shape index (κ2) is 7.54. The van der Waals surface area contributed by atoms with Gasteiger partial charge in [0.05, 0.1) is 10.0 Å². The summed E-state index contributed by atoms with van der Waals surface area (Å²) in [7, 11) is 0. The summed E-state index contributed by atoms with van der Waals surface area (Å²) in [5.74, 6) is -0.379. The summed E-state index contributed by atoms with van der Waals surface area (Å²) in [6.45, 7) is 7.37. The number of hydrogen-bond donors (Lipinski definition) is 1. The zero-order valence-corrected chi connectivity index (χ0v) is 15.8. The van der Waals surface area contributed by atoms with E-state index in [9.17, 15) is 9.59 Å². The van der Waals surface area contributed by atoms with E-state index in [2.05, 4.69) is 5.32 Å². The number of hydrogen-bond acceptors (Lipinski definition) is 3. The van der Waals surface area contributed by atoms with Gasteiger partial charge in [-0.05, 0) is 31.5 Å². The molecule has 0 unspecified atom stereocenters. The molecule has 1 aromatic rings. The van der Waals surface area contributed by atoms with Crippen LogP contribution in [0.5, 0.6) is 0 Å². The Morgan fingerprint density at radius 2 is 1.46 bits per heavy atom. The Balaban J connectivity index is 2.71. The fourth-order valence-electron chi connectivity index (χ4n) is 3.14. The molecule has 0 radical (unpaired) electrons. The lowest BCUT2D eigenvalue weighted by Gasteiger charge is -2.31. The van der Waals surface area contributed by atoms with Crippen molar-refractivity contribution >= 4 is 34.8 Å². The van der Waals surface area contributed by atoms with Gasteiger partial charge in [-0.3, -0.25) is 9.59 Å². The molecule has 1 aromatic carbocycles. The van der Waals surface area contributed by atoms with E-state index in [4.69, 9.17) is 23.2 Å². The smallest absolute Gasteiger partial charge is 0.161 e. The largest absolute Gasteiger partial charge is 0.362 e. The number of benzene rings is 1. The van der Waals surface area contributed by atoms with Crippen LogP contribution in [0.2, 0.25) is 10.0 Å². The van der Waals surface area contributed by atoms with Crippen LogP contribution in [-0.4, -0.2) is 11.6 Å². The van der Waals surface area contributed by atoms with Gasteiger partial charge in [0.15, 0.2) is 11.6 Å². The number of nitrogens with one attached hydrogen (secondary N) is 1. The Morgan fingerprint density at radius 1 is 0.958 bits per heavy atom. The molecule has 0 amide bonds. The number of dihydropyridines is 1. The van der Waals surface area contributed by atoms with Crippen LogP contribution in [0.1, 0.15) is 52.0 Å². The van der Waals surface area contributed by atoms with Gasteiger partial charge >= 0.3 is 0 Å². The summed E-state index contributed by atoms with van der Waals surface area (Å²) in [5.41, 5.74) is 3.61. The van der Waals surface area contributed by atoms with Crippen LogP contribution in [0.15, 0.2) is 40.7 Å². The summed E-state index contributed by atoms with van der Waals surface area (Å²) < 4.78 is 0. The van der Waals surface area contributed by atoms with E-state index in [1.807, 2.05) is 33.8 Å². The maximum absolute atomic E-state index is 12.6. The van der Waals surface area contributed by atoms with Crippen molar-refractivity contribution in [2.45, 2.75) is 46.5 Å². The van der Waals surface area contributed by atoms with Crippen molar-refractivity contribution in [1.82, 2.24) is 5.32 Å². The highest BCUT2D eigenvalue weighted by atomic mass is 35.5. The molecule has 0 fully saturated rings. The average molecular weight is 366 g/mol. The van der Waals surface area contributed by atoms with E-state index in [1.54, 1.807) is 12.1 Å². The Bertz CT molecular complexity index is 725. The van der Waals surface area contributed by atoms with Gasteiger partial charge in [0.25, 0.3) is 0 Å². The highest BCUT2D eigenvalue weighted by Crippen LogP contribution is 2.41. The number of Topliss-reactive ketones (excluding diaryl/α,β-unsaturated/α-hetero) is 2. The molecule has 3 nitrogen and oxygen atoms in total. The van der Waals surface area contributed by atoms with Gasteiger partial charge in [-0.2, -0.15) is 0 Å².